The van der Waals surface area contributed by atoms with Gasteiger partial charge in [-0.05, 0) is 76.9 Å². The Bertz CT molecular complexity index is 1210. The van der Waals surface area contributed by atoms with Crippen LogP contribution in [0.1, 0.15) is 77.2 Å². The molecule has 0 unspecified atom stereocenters. The third-order valence-electron chi connectivity index (χ3n) is 8.84. The molecule has 248 valence electrons. The predicted octanol–water partition coefficient (Wildman–Crippen LogP) is 7.04. The number of carbonyl (C=O) groups excluding carboxylic acids is 1. The van der Waals surface area contributed by atoms with E-state index >= 15 is 0 Å². The van der Waals surface area contributed by atoms with Gasteiger partial charge in [0.25, 0.3) is 0 Å². The van der Waals surface area contributed by atoms with Crippen LogP contribution in [0.25, 0.3) is 0 Å². The van der Waals surface area contributed by atoms with Crippen LogP contribution in [0.5, 0.6) is 5.75 Å². The first-order valence-electron chi connectivity index (χ1n) is 16.6. The van der Waals surface area contributed by atoms with Crippen LogP contribution < -0.4 is 10.1 Å². The van der Waals surface area contributed by atoms with Crippen LogP contribution in [0.15, 0.2) is 64.6 Å². The molecule has 0 aliphatic carbocycles. The number of amides is 1. The number of nitrogens with zero attached hydrogens (tertiary/aromatic N) is 4. The summed E-state index contributed by atoms with van der Waals surface area (Å²) in [4.78, 5) is 24.2. The van der Waals surface area contributed by atoms with Crippen molar-refractivity contribution in [2.24, 2.45) is 10.9 Å². The predicted molar refractivity (Wildman–Crippen MR) is 174 cm³/mol. The molecule has 1 aromatic carbocycles. The summed E-state index contributed by atoms with van der Waals surface area (Å²) in [5.41, 5.74) is 2.54. The Labute approximate surface area is 266 Å². The van der Waals surface area contributed by atoms with E-state index in [-0.39, 0.29) is 11.7 Å². The molecule has 0 bridgehead atoms. The molecular formula is C35H50F3N5O2. The lowest BCUT2D eigenvalue weighted by atomic mass is 9.96. The summed E-state index contributed by atoms with van der Waals surface area (Å²) in [5, 5.41) is 3.31. The SMILES string of the molecule is CCC/C=C(\C=C/CC(=O)N1CCC(CN2CCCC2)CC1)CCC=NC1=C(C)N(Cc2ccccc2OC(F)(F)F)CCN1. The van der Waals surface area contributed by atoms with Gasteiger partial charge in [-0.2, -0.15) is 0 Å². The minimum Gasteiger partial charge on any atom is -0.405 e. The summed E-state index contributed by atoms with van der Waals surface area (Å²) in [6.07, 6.45) is 12.4. The number of ether oxygens (including phenoxy) is 1. The standard InChI is InChI=1S/C35H50F3N5O2/c1-3-4-11-29(12-9-16-33(44)42-23-17-30(18-24-42)26-41-21-7-8-22-41)13-10-19-39-34-28(2)43(25-20-40-34)27-31-14-5-6-15-32(31)45-35(36,37)38/h5-6,9,11-12,14-15,19,30,40H,3-4,7-8,10,13,16-18,20-27H2,1-2H3/b12-9-,29-11+,39-19?. The van der Waals surface area contributed by atoms with E-state index in [0.717, 1.165) is 63.1 Å². The molecule has 1 N–H and O–H groups in total. The first-order valence-corrected chi connectivity index (χ1v) is 16.6. The maximum absolute atomic E-state index is 12.9. The Morgan fingerprint density at radius 1 is 1.09 bits per heavy atom. The van der Waals surface area contributed by atoms with Crippen molar-refractivity contribution < 1.29 is 22.7 Å². The van der Waals surface area contributed by atoms with E-state index in [1.54, 1.807) is 12.1 Å². The highest BCUT2D eigenvalue weighted by molar-refractivity contribution is 5.77. The molecule has 0 spiro atoms. The third-order valence-corrected chi connectivity index (χ3v) is 8.84. The molecule has 3 aliphatic heterocycles. The second kappa shape index (κ2) is 17.4. The Hall–Kier alpha value is -3.27. The van der Waals surface area contributed by atoms with E-state index < -0.39 is 6.36 Å². The van der Waals surface area contributed by atoms with Crippen molar-refractivity contribution in [3.8, 4) is 5.75 Å². The highest BCUT2D eigenvalue weighted by Gasteiger charge is 2.32. The van der Waals surface area contributed by atoms with Crippen molar-refractivity contribution in [2.75, 3.05) is 45.8 Å². The first kappa shape index (κ1) is 34.6. The van der Waals surface area contributed by atoms with E-state index in [2.05, 4.69) is 39.0 Å². The normalized spacial score (nSPS) is 19.3. The second-order valence-corrected chi connectivity index (χ2v) is 12.3. The number of nitrogens with one attached hydrogen (secondary N) is 1. The summed E-state index contributed by atoms with van der Waals surface area (Å²) in [7, 11) is 0. The molecular weight excluding hydrogens is 579 g/mol. The number of hydrogen-bond acceptors (Lipinski definition) is 6. The summed E-state index contributed by atoms with van der Waals surface area (Å²) in [6, 6.07) is 6.25. The average Bonchev–Trinajstić information content (AvgIpc) is 3.53. The Morgan fingerprint density at radius 2 is 1.84 bits per heavy atom. The lowest BCUT2D eigenvalue weighted by Gasteiger charge is -2.33. The summed E-state index contributed by atoms with van der Waals surface area (Å²) in [5.74, 6) is 1.47. The summed E-state index contributed by atoms with van der Waals surface area (Å²) < 4.78 is 42.9. The van der Waals surface area contributed by atoms with Gasteiger partial charge in [-0.1, -0.05) is 55.3 Å². The number of halogens is 3. The quantitative estimate of drug-likeness (QED) is 0.177. The number of carbonyl (C=O) groups is 1. The number of hydrogen-bond donors (Lipinski definition) is 1. The van der Waals surface area contributed by atoms with Crippen molar-refractivity contribution in [1.82, 2.24) is 20.0 Å². The Kier molecular flexibility index (Phi) is 13.4. The molecule has 4 rings (SSSR count). The molecule has 0 atom stereocenters. The van der Waals surface area contributed by atoms with Crippen molar-refractivity contribution in [3.63, 3.8) is 0 Å². The van der Waals surface area contributed by atoms with Crippen molar-refractivity contribution >= 4 is 12.1 Å². The summed E-state index contributed by atoms with van der Waals surface area (Å²) >= 11 is 0. The first-order chi connectivity index (χ1) is 21.7. The fraction of sp³-hybridized carbons (Fsp3) is 0.600. The minimum absolute atomic E-state index is 0.181. The van der Waals surface area contributed by atoms with Crippen LogP contribution in [-0.4, -0.2) is 79.0 Å². The van der Waals surface area contributed by atoms with Gasteiger partial charge in [-0.3, -0.25) is 4.79 Å². The van der Waals surface area contributed by atoms with Crippen molar-refractivity contribution in [3.05, 3.63) is 65.1 Å². The second-order valence-electron chi connectivity index (χ2n) is 12.3. The van der Waals surface area contributed by atoms with Crippen molar-refractivity contribution in [2.45, 2.75) is 84.5 Å². The van der Waals surface area contributed by atoms with Gasteiger partial charge in [0.1, 0.15) is 11.6 Å². The number of para-hydroxylation sites is 1. The number of rotatable bonds is 14. The van der Waals surface area contributed by atoms with Crippen LogP contribution in [0.2, 0.25) is 0 Å². The molecule has 0 aromatic heterocycles. The van der Waals surface area contributed by atoms with Gasteiger partial charge in [0, 0.05) is 57.5 Å². The zero-order chi connectivity index (χ0) is 32.1. The largest absolute Gasteiger partial charge is 0.573 e. The molecule has 3 aliphatic rings. The number of unbranched alkanes of at least 4 members (excludes halogenated alkanes) is 1. The monoisotopic (exact) mass is 629 g/mol. The molecule has 1 aromatic rings. The van der Waals surface area contributed by atoms with Crippen LogP contribution >= 0.6 is 0 Å². The van der Waals surface area contributed by atoms with E-state index in [1.807, 2.05) is 29.0 Å². The highest BCUT2D eigenvalue weighted by Crippen LogP contribution is 2.29. The molecule has 10 heteroatoms. The lowest BCUT2D eigenvalue weighted by Crippen LogP contribution is -2.41. The number of piperidine rings is 1. The number of likely N-dealkylation sites (tertiary alicyclic amines) is 2. The lowest BCUT2D eigenvalue weighted by molar-refractivity contribution is -0.275. The minimum atomic E-state index is -4.74. The fourth-order valence-corrected chi connectivity index (χ4v) is 6.26. The fourth-order valence-electron chi connectivity index (χ4n) is 6.26. The van der Waals surface area contributed by atoms with Crippen molar-refractivity contribution in [1.29, 1.82) is 0 Å². The maximum atomic E-state index is 12.9. The van der Waals surface area contributed by atoms with Gasteiger partial charge in [0.05, 0.1) is 5.70 Å². The third kappa shape index (κ3) is 11.6. The van der Waals surface area contributed by atoms with Gasteiger partial charge in [-0.25, -0.2) is 4.99 Å². The Balaban J connectivity index is 1.25. The van der Waals surface area contributed by atoms with Gasteiger partial charge in [-0.15, -0.1) is 13.2 Å². The number of benzene rings is 1. The molecule has 1 amide bonds. The van der Waals surface area contributed by atoms with Crippen LogP contribution in [0.3, 0.4) is 0 Å². The number of alkyl halides is 3. The topological polar surface area (TPSA) is 60.4 Å². The smallest absolute Gasteiger partial charge is 0.405 e. The molecule has 2 fully saturated rings. The van der Waals surface area contributed by atoms with E-state index in [0.29, 0.717) is 37.5 Å². The molecule has 0 radical (unpaired) electrons. The molecule has 45 heavy (non-hydrogen) atoms. The zero-order valence-electron chi connectivity index (χ0n) is 27.0. The van der Waals surface area contributed by atoms with E-state index in [9.17, 15) is 18.0 Å². The van der Waals surface area contributed by atoms with Gasteiger partial charge < -0.3 is 24.8 Å². The van der Waals surface area contributed by atoms with Gasteiger partial charge in [0.15, 0.2) is 0 Å². The summed E-state index contributed by atoms with van der Waals surface area (Å²) in [6.45, 7) is 11.1. The van der Waals surface area contributed by atoms with Crippen LogP contribution in [0, 0.1) is 5.92 Å². The Morgan fingerprint density at radius 3 is 2.58 bits per heavy atom. The van der Waals surface area contributed by atoms with Crippen LogP contribution in [-0.2, 0) is 11.3 Å². The van der Waals surface area contributed by atoms with Gasteiger partial charge >= 0.3 is 6.36 Å². The number of aliphatic imine (C=N–C) groups is 1. The van der Waals surface area contributed by atoms with E-state index in [1.165, 1.54) is 50.2 Å². The maximum Gasteiger partial charge on any atom is 0.573 e. The van der Waals surface area contributed by atoms with E-state index in [4.69, 9.17) is 0 Å². The molecule has 3 heterocycles. The van der Waals surface area contributed by atoms with Gasteiger partial charge in [0.2, 0.25) is 5.91 Å². The van der Waals surface area contributed by atoms with Crippen LogP contribution in [0.4, 0.5) is 13.2 Å². The highest BCUT2D eigenvalue weighted by atomic mass is 19.4. The molecule has 7 nitrogen and oxygen atoms in total. The average molecular weight is 630 g/mol. The molecule has 0 saturated carbocycles. The molecule has 2 saturated heterocycles. The number of allylic oxidation sites excluding steroid dienone is 4. The zero-order valence-corrected chi connectivity index (χ0v) is 27.0.